The van der Waals surface area contributed by atoms with E-state index in [2.05, 4.69) is 39.6 Å². The van der Waals surface area contributed by atoms with Gasteiger partial charge in [-0.1, -0.05) is 13.1 Å². The fraction of sp³-hybridized carbons (Fsp3) is 0.750. The summed E-state index contributed by atoms with van der Waals surface area (Å²) in [5.74, 6) is 0. The van der Waals surface area contributed by atoms with Crippen molar-refractivity contribution in [2.75, 3.05) is 0 Å². The first-order chi connectivity index (χ1) is 4.27. The zero-order valence-corrected chi connectivity index (χ0v) is 9.66. The molecule has 0 aromatic rings. The molecule has 0 aliphatic heterocycles. The van der Waals surface area contributed by atoms with Gasteiger partial charge in [0, 0.05) is 6.21 Å². The van der Waals surface area contributed by atoms with Gasteiger partial charge in [0.2, 0.25) is 0 Å². The molecule has 0 heterocycles. The molecule has 0 amide bonds. The van der Waals surface area contributed by atoms with Gasteiger partial charge in [0.15, 0.2) is 4.46 Å². The third-order valence-electron chi connectivity index (χ3n) is 0.856. The molecular formula is C4H8B2I2N. The molecule has 49 valence electrons. The van der Waals surface area contributed by atoms with Gasteiger partial charge in [-0.25, -0.2) is 3.21 Å². The third-order valence-corrected chi connectivity index (χ3v) is 1.76. The quantitative estimate of drug-likeness (QED) is 0.321. The molecule has 5 heteroatoms. The average molecular weight is 346 g/mol. The number of hydrogen-bond acceptors (Lipinski definition) is 1. The molecule has 0 aromatic heterocycles. The molecule has 0 bridgehead atoms. The lowest BCUT2D eigenvalue weighted by Gasteiger charge is -1.92. The van der Waals surface area contributed by atoms with Gasteiger partial charge in [0.25, 0.3) is 0 Å². The van der Waals surface area contributed by atoms with Crippen molar-refractivity contribution in [2.24, 2.45) is 3.21 Å². The van der Waals surface area contributed by atoms with Gasteiger partial charge >= 0.3 is 0 Å². The fourth-order valence-corrected chi connectivity index (χ4v) is 1.09. The normalized spacial score (nSPS) is 10.1. The summed E-state index contributed by atoms with van der Waals surface area (Å²) >= 11 is 4.39. The van der Waals surface area contributed by atoms with E-state index in [-0.39, 0.29) is 0 Å². The van der Waals surface area contributed by atoms with Crippen molar-refractivity contribution >= 4 is 63.1 Å². The van der Waals surface area contributed by atoms with E-state index in [1.165, 1.54) is 0 Å². The molecule has 0 aliphatic carbocycles. The lowest BCUT2D eigenvalue weighted by Crippen LogP contribution is -2.07. The second kappa shape index (κ2) is 7.37. The van der Waals surface area contributed by atoms with Crippen LogP contribution in [0.25, 0.3) is 0 Å². The van der Waals surface area contributed by atoms with Crippen LogP contribution in [0.5, 0.6) is 0 Å². The Hall–Kier alpha value is 1.26. The Kier molecular flexibility index (Phi) is 8.40. The van der Waals surface area contributed by atoms with Crippen LogP contribution in [0.3, 0.4) is 0 Å². The standard InChI is InChI=1S/C4H8B2I2N/c1-6(7)5-3-2-4-9-8/h4H,2-3H2,1H3. The second-order valence-electron chi connectivity index (χ2n) is 1.77. The summed E-state index contributed by atoms with van der Waals surface area (Å²) in [7, 11) is 2.29. The van der Waals surface area contributed by atoms with E-state index in [0.717, 1.165) is 12.7 Å². The van der Waals surface area contributed by atoms with E-state index in [1.807, 2.05) is 29.1 Å². The molecule has 0 fully saturated rings. The van der Waals surface area contributed by atoms with Crippen molar-refractivity contribution in [3.8, 4) is 0 Å². The van der Waals surface area contributed by atoms with Crippen LogP contribution in [0.4, 0.5) is 0 Å². The Morgan fingerprint density at radius 2 is 2.44 bits per heavy atom. The van der Waals surface area contributed by atoms with Gasteiger partial charge in [-0.2, -0.15) is 22.4 Å². The van der Waals surface area contributed by atoms with Crippen LogP contribution in [0.1, 0.15) is 6.42 Å². The predicted molar refractivity (Wildman–Crippen MR) is 63.3 cm³/mol. The second-order valence-corrected chi connectivity index (χ2v) is 4.29. The van der Waals surface area contributed by atoms with E-state index >= 15 is 0 Å². The van der Waals surface area contributed by atoms with E-state index < -0.39 is 0 Å². The maximum atomic E-state index is 3.86. The average Bonchev–Trinajstić information content (AvgIpc) is 1.80. The van der Waals surface area contributed by atoms with E-state index in [9.17, 15) is 0 Å². The predicted octanol–water partition coefficient (Wildman–Crippen LogP) is 2.47. The molecule has 0 saturated heterocycles. The van der Waals surface area contributed by atoms with E-state index in [0.29, 0.717) is 4.46 Å². The molecule has 0 spiro atoms. The van der Waals surface area contributed by atoms with Crippen molar-refractivity contribution in [2.45, 2.75) is 19.6 Å². The molecule has 0 rings (SSSR count). The van der Waals surface area contributed by atoms with Crippen LogP contribution in [0.15, 0.2) is 3.21 Å². The van der Waals surface area contributed by atoms with E-state index in [1.54, 1.807) is 0 Å². The molecule has 0 aliphatic rings. The summed E-state index contributed by atoms with van der Waals surface area (Å²) in [4.78, 5) is 0. The van der Waals surface area contributed by atoms with Crippen LogP contribution in [-0.2, 0) is 0 Å². The molecule has 9 heavy (non-hydrogen) atoms. The molecule has 1 radical (unpaired) electrons. The van der Waals surface area contributed by atoms with Crippen LogP contribution >= 0.6 is 45.2 Å². The highest BCUT2D eigenvalue weighted by atomic mass is 127. The van der Waals surface area contributed by atoms with Crippen LogP contribution in [0.2, 0.25) is 13.1 Å². The minimum absolute atomic E-state index is 0.685. The highest BCUT2D eigenvalue weighted by molar-refractivity contribution is 14.1. The highest BCUT2D eigenvalue weighted by Gasteiger charge is 1.99. The Bertz CT molecular complexity index is 86.6. The summed E-state index contributed by atoms with van der Waals surface area (Å²) < 4.78 is 4.54. The Balaban J connectivity index is 2.91. The SMILES string of the molecule is CB(I)[B]CCC=NI. The first-order valence-corrected chi connectivity index (χ1v) is 5.08. The lowest BCUT2D eigenvalue weighted by atomic mass is 9.39. The van der Waals surface area contributed by atoms with Crippen LogP contribution in [-0.4, -0.2) is 17.8 Å². The number of rotatable bonds is 4. The molecule has 0 saturated carbocycles. The summed E-state index contributed by atoms with van der Waals surface area (Å²) in [6.45, 7) is 2.18. The topological polar surface area (TPSA) is 12.4 Å². The number of nitrogens with zero attached hydrogens (tertiary/aromatic N) is 1. The summed E-state index contributed by atoms with van der Waals surface area (Å²) in [5, 5.41) is 0. The monoisotopic (exact) mass is 346 g/mol. The van der Waals surface area contributed by atoms with Gasteiger partial charge in [0.05, 0.1) is 30.0 Å². The smallest absolute Gasteiger partial charge is 0.174 e. The van der Waals surface area contributed by atoms with Crippen molar-refractivity contribution in [1.82, 2.24) is 0 Å². The van der Waals surface area contributed by atoms with Crippen molar-refractivity contribution in [1.29, 1.82) is 0 Å². The maximum Gasteiger partial charge on any atom is 0.174 e. The molecule has 0 aromatic carbocycles. The Labute approximate surface area is 85.1 Å². The highest BCUT2D eigenvalue weighted by Crippen LogP contribution is 1.96. The summed E-state index contributed by atoms with van der Waals surface area (Å²) in [6, 6.07) is 0. The Morgan fingerprint density at radius 1 is 1.78 bits per heavy atom. The van der Waals surface area contributed by atoms with Crippen molar-refractivity contribution < 1.29 is 0 Å². The number of halogens is 2. The largest absolute Gasteiger partial charge is 0.228 e. The molecular weight excluding hydrogens is 337 g/mol. The molecule has 0 atom stereocenters. The van der Waals surface area contributed by atoms with Gasteiger partial charge in [-0.05, 0) is 6.42 Å². The zero-order valence-electron chi connectivity index (χ0n) is 5.35. The van der Waals surface area contributed by atoms with Gasteiger partial charge < -0.3 is 0 Å². The molecule has 0 unspecified atom stereocenters. The van der Waals surface area contributed by atoms with Crippen LogP contribution in [0, 0.1) is 0 Å². The number of hydrogen-bond donors (Lipinski definition) is 0. The fourth-order valence-electron chi connectivity index (χ4n) is 0.449. The first kappa shape index (κ1) is 10.3. The summed E-state index contributed by atoms with van der Waals surface area (Å²) in [5.41, 5.74) is 0. The van der Waals surface area contributed by atoms with Crippen molar-refractivity contribution in [3.05, 3.63) is 0 Å². The van der Waals surface area contributed by atoms with Crippen LogP contribution < -0.4 is 0 Å². The minimum atomic E-state index is 0.685. The zero-order chi connectivity index (χ0) is 7.11. The Morgan fingerprint density at radius 3 is 2.89 bits per heavy atom. The molecule has 0 N–H and O–H groups in total. The first-order valence-electron chi connectivity index (χ1n) is 2.87. The van der Waals surface area contributed by atoms with Gasteiger partial charge in [-0.15, -0.1) is 0 Å². The minimum Gasteiger partial charge on any atom is -0.228 e. The third kappa shape index (κ3) is 9.26. The van der Waals surface area contributed by atoms with Gasteiger partial charge in [-0.3, -0.25) is 0 Å². The van der Waals surface area contributed by atoms with E-state index in [4.69, 9.17) is 0 Å². The maximum absolute atomic E-state index is 3.86. The summed E-state index contributed by atoms with van der Waals surface area (Å²) in [6.07, 6.45) is 4.17. The lowest BCUT2D eigenvalue weighted by molar-refractivity contribution is 1.31. The van der Waals surface area contributed by atoms with Gasteiger partial charge in [0.1, 0.15) is 0 Å². The van der Waals surface area contributed by atoms with Crippen molar-refractivity contribution in [3.63, 3.8) is 0 Å². The molecule has 1 nitrogen and oxygen atoms in total.